The SMILES string of the molecule is C[C@H](NC(=O)c1cccs1)C(=O)N1CCN2CCC1CC2. The molecule has 1 N–H and O–H groups in total. The van der Waals surface area contributed by atoms with Crippen LogP contribution in [0.15, 0.2) is 17.5 Å². The van der Waals surface area contributed by atoms with E-state index in [1.807, 2.05) is 16.3 Å². The van der Waals surface area contributed by atoms with Gasteiger partial charge in [-0.15, -0.1) is 11.3 Å². The highest BCUT2D eigenvalue weighted by Crippen LogP contribution is 2.21. The number of piperidine rings is 1. The van der Waals surface area contributed by atoms with Gasteiger partial charge in [0.25, 0.3) is 5.91 Å². The molecule has 0 spiro atoms. The molecule has 4 heterocycles. The quantitative estimate of drug-likeness (QED) is 0.912. The third-order valence-electron chi connectivity index (χ3n) is 4.40. The van der Waals surface area contributed by atoms with E-state index in [1.54, 1.807) is 13.0 Å². The predicted molar refractivity (Wildman–Crippen MR) is 82.4 cm³/mol. The molecule has 5 nitrogen and oxygen atoms in total. The summed E-state index contributed by atoms with van der Waals surface area (Å²) < 4.78 is 0. The first kappa shape index (κ1) is 14.5. The van der Waals surface area contributed by atoms with Crippen molar-refractivity contribution in [3.8, 4) is 0 Å². The Hall–Kier alpha value is -1.40. The number of amides is 2. The van der Waals surface area contributed by atoms with Gasteiger partial charge in [0.1, 0.15) is 6.04 Å². The molecule has 114 valence electrons. The van der Waals surface area contributed by atoms with Gasteiger partial charge < -0.3 is 15.1 Å². The van der Waals surface area contributed by atoms with Gasteiger partial charge in [-0.05, 0) is 31.2 Å². The second-order valence-electron chi connectivity index (χ2n) is 5.78. The lowest BCUT2D eigenvalue weighted by Gasteiger charge is -2.33. The minimum atomic E-state index is -0.466. The second-order valence-corrected chi connectivity index (χ2v) is 6.72. The lowest BCUT2D eigenvalue weighted by atomic mass is 10.0. The Bertz CT molecular complexity index is 509. The molecule has 4 rings (SSSR count). The predicted octanol–water partition coefficient (Wildman–Crippen LogP) is 1.17. The summed E-state index contributed by atoms with van der Waals surface area (Å²) in [6.45, 7) is 5.69. The zero-order chi connectivity index (χ0) is 14.8. The second kappa shape index (κ2) is 6.15. The summed E-state index contributed by atoms with van der Waals surface area (Å²) in [5.41, 5.74) is 0. The fourth-order valence-corrected chi connectivity index (χ4v) is 3.79. The molecule has 3 saturated heterocycles. The minimum Gasteiger partial charge on any atom is -0.340 e. The molecule has 0 unspecified atom stereocenters. The Morgan fingerprint density at radius 3 is 2.71 bits per heavy atom. The molecule has 21 heavy (non-hydrogen) atoms. The highest BCUT2D eigenvalue weighted by molar-refractivity contribution is 7.12. The molecule has 1 aromatic rings. The Labute approximate surface area is 128 Å². The molecule has 1 atom stereocenters. The summed E-state index contributed by atoms with van der Waals surface area (Å²) in [6, 6.07) is 3.50. The van der Waals surface area contributed by atoms with Crippen LogP contribution in [0.5, 0.6) is 0 Å². The van der Waals surface area contributed by atoms with E-state index in [4.69, 9.17) is 0 Å². The van der Waals surface area contributed by atoms with E-state index >= 15 is 0 Å². The lowest BCUT2D eigenvalue weighted by molar-refractivity contribution is -0.134. The van der Waals surface area contributed by atoms with Crippen molar-refractivity contribution in [2.24, 2.45) is 0 Å². The van der Waals surface area contributed by atoms with Crippen LogP contribution in [0.25, 0.3) is 0 Å². The van der Waals surface area contributed by atoms with Crippen molar-refractivity contribution in [3.05, 3.63) is 22.4 Å². The first-order valence-electron chi connectivity index (χ1n) is 7.52. The molecular formula is C15H21N3O2S. The summed E-state index contributed by atoms with van der Waals surface area (Å²) in [5.74, 6) is -0.109. The number of hydrogen-bond donors (Lipinski definition) is 1. The molecule has 3 aliphatic rings. The van der Waals surface area contributed by atoms with Gasteiger partial charge in [-0.25, -0.2) is 0 Å². The zero-order valence-electron chi connectivity index (χ0n) is 12.2. The summed E-state index contributed by atoms with van der Waals surface area (Å²) in [6.07, 6.45) is 2.11. The Morgan fingerprint density at radius 2 is 2.05 bits per heavy atom. The van der Waals surface area contributed by atoms with Crippen molar-refractivity contribution in [2.75, 3.05) is 26.2 Å². The zero-order valence-corrected chi connectivity index (χ0v) is 13.1. The van der Waals surface area contributed by atoms with E-state index in [0.717, 1.165) is 39.0 Å². The van der Waals surface area contributed by atoms with E-state index in [0.29, 0.717) is 10.9 Å². The maximum atomic E-state index is 12.6. The van der Waals surface area contributed by atoms with Gasteiger partial charge in [-0.2, -0.15) is 0 Å². The number of nitrogens with one attached hydrogen (secondary N) is 1. The molecule has 2 amide bonds. The number of carbonyl (C=O) groups excluding carboxylic acids is 2. The first-order valence-corrected chi connectivity index (χ1v) is 8.40. The lowest BCUT2D eigenvalue weighted by Crippen LogP contribution is -2.50. The Kier molecular flexibility index (Phi) is 4.26. The molecule has 0 radical (unpaired) electrons. The van der Waals surface area contributed by atoms with E-state index in [9.17, 15) is 9.59 Å². The van der Waals surface area contributed by atoms with Crippen LogP contribution < -0.4 is 5.32 Å². The molecule has 6 heteroatoms. The fourth-order valence-electron chi connectivity index (χ4n) is 3.16. The van der Waals surface area contributed by atoms with E-state index in [-0.39, 0.29) is 11.8 Å². The molecule has 1 aromatic heterocycles. The maximum absolute atomic E-state index is 12.6. The highest BCUT2D eigenvalue weighted by Gasteiger charge is 2.34. The van der Waals surface area contributed by atoms with Crippen LogP contribution in [0.4, 0.5) is 0 Å². The number of thiophene rings is 1. The topological polar surface area (TPSA) is 52.7 Å². The number of rotatable bonds is 3. The van der Waals surface area contributed by atoms with Gasteiger partial charge in [-0.1, -0.05) is 6.07 Å². The summed E-state index contributed by atoms with van der Waals surface area (Å²) in [7, 11) is 0. The maximum Gasteiger partial charge on any atom is 0.261 e. The molecular weight excluding hydrogens is 286 g/mol. The molecule has 0 aliphatic carbocycles. The van der Waals surface area contributed by atoms with Crippen molar-refractivity contribution in [2.45, 2.75) is 31.8 Å². The van der Waals surface area contributed by atoms with Crippen molar-refractivity contribution >= 4 is 23.2 Å². The molecule has 3 aliphatic heterocycles. The van der Waals surface area contributed by atoms with Crippen molar-refractivity contribution in [1.29, 1.82) is 0 Å². The van der Waals surface area contributed by atoms with Crippen LogP contribution in [0.1, 0.15) is 29.4 Å². The molecule has 3 fully saturated rings. The molecule has 2 bridgehead atoms. The number of carbonyl (C=O) groups is 2. The van der Waals surface area contributed by atoms with Crippen LogP contribution in [-0.4, -0.2) is 59.9 Å². The van der Waals surface area contributed by atoms with Gasteiger partial charge in [0, 0.05) is 32.2 Å². The monoisotopic (exact) mass is 307 g/mol. The summed E-state index contributed by atoms with van der Waals surface area (Å²) >= 11 is 1.39. The van der Waals surface area contributed by atoms with Gasteiger partial charge >= 0.3 is 0 Å². The summed E-state index contributed by atoms with van der Waals surface area (Å²) in [4.78, 5) is 29.7. The number of nitrogens with zero attached hydrogens (tertiary/aromatic N) is 2. The van der Waals surface area contributed by atoms with Gasteiger partial charge in [0.15, 0.2) is 0 Å². The average Bonchev–Trinajstić information content (AvgIpc) is 2.88. The van der Waals surface area contributed by atoms with Crippen LogP contribution in [-0.2, 0) is 4.79 Å². The fraction of sp³-hybridized carbons (Fsp3) is 0.600. The normalized spacial score (nSPS) is 26.2. The molecule has 0 saturated carbocycles. The minimum absolute atomic E-state index is 0.0497. The van der Waals surface area contributed by atoms with Crippen LogP contribution >= 0.6 is 11.3 Å². The molecule has 0 aromatic carbocycles. The highest BCUT2D eigenvalue weighted by atomic mass is 32.1. The average molecular weight is 307 g/mol. The third-order valence-corrected chi connectivity index (χ3v) is 5.27. The van der Waals surface area contributed by atoms with Crippen molar-refractivity contribution in [1.82, 2.24) is 15.1 Å². The number of hydrogen-bond acceptors (Lipinski definition) is 4. The van der Waals surface area contributed by atoms with Crippen LogP contribution in [0.3, 0.4) is 0 Å². The standard InChI is InChI=1S/C15H21N3O2S/c1-11(16-14(19)13-3-2-10-21-13)15(20)18-9-8-17-6-4-12(18)5-7-17/h2-3,10-12H,4-9H2,1H3,(H,16,19)/t11-/m0/s1. The van der Waals surface area contributed by atoms with E-state index in [1.165, 1.54) is 11.3 Å². The van der Waals surface area contributed by atoms with Gasteiger partial charge in [-0.3, -0.25) is 9.59 Å². The van der Waals surface area contributed by atoms with E-state index in [2.05, 4.69) is 10.2 Å². The third kappa shape index (κ3) is 3.11. The smallest absolute Gasteiger partial charge is 0.261 e. The summed E-state index contributed by atoms with van der Waals surface area (Å²) in [5, 5.41) is 4.69. The van der Waals surface area contributed by atoms with E-state index < -0.39 is 6.04 Å². The Morgan fingerprint density at radius 1 is 1.29 bits per heavy atom. The van der Waals surface area contributed by atoms with Gasteiger partial charge in [0.2, 0.25) is 5.91 Å². The number of fused-ring (bicyclic) bond motifs is 4. The largest absolute Gasteiger partial charge is 0.340 e. The van der Waals surface area contributed by atoms with Crippen LogP contribution in [0.2, 0.25) is 0 Å². The van der Waals surface area contributed by atoms with Crippen molar-refractivity contribution in [3.63, 3.8) is 0 Å². The van der Waals surface area contributed by atoms with Gasteiger partial charge in [0.05, 0.1) is 4.88 Å². The van der Waals surface area contributed by atoms with Crippen LogP contribution in [0, 0.1) is 0 Å². The Balaban J connectivity index is 1.62. The first-order chi connectivity index (χ1) is 10.1. The van der Waals surface area contributed by atoms with Crippen molar-refractivity contribution < 1.29 is 9.59 Å².